The van der Waals surface area contributed by atoms with Crippen molar-refractivity contribution in [3.05, 3.63) is 106 Å². The van der Waals surface area contributed by atoms with Gasteiger partial charge in [0.25, 0.3) is 5.91 Å². The highest BCUT2D eigenvalue weighted by Gasteiger charge is 2.14. The Bertz CT molecular complexity index is 1470. The van der Waals surface area contributed by atoms with Crippen LogP contribution in [-0.4, -0.2) is 10.9 Å². The van der Waals surface area contributed by atoms with Crippen molar-refractivity contribution < 1.29 is 13.6 Å². The van der Waals surface area contributed by atoms with Gasteiger partial charge in [0.15, 0.2) is 17.2 Å². The number of aryl methyl sites for hydroxylation is 1. The van der Waals surface area contributed by atoms with Crippen molar-refractivity contribution in [1.29, 1.82) is 0 Å². The number of benzene rings is 3. The van der Waals surface area contributed by atoms with Gasteiger partial charge >= 0.3 is 0 Å². The molecule has 5 aromatic rings. The molecule has 0 aliphatic heterocycles. The Morgan fingerprint density at radius 1 is 0.939 bits per heavy atom. The minimum Gasteiger partial charge on any atom is -0.451 e. The molecular formula is C26H18Cl2N2O3. The Kier molecular flexibility index (Phi) is 5.67. The van der Waals surface area contributed by atoms with Gasteiger partial charge in [0, 0.05) is 27.7 Å². The van der Waals surface area contributed by atoms with E-state index >= 15 is 0 Å². The average molecular weight is 477 g/mol. The van der Waals surface area contributed by atoms with E-state index in [1.807, 2.05) is 49.4 Å². The van der Waals surface area contributed by atoms with Crippen LogP contribution in [0.1, 0.15) is 27.6 Å². The van der Waals surface area contributed by atoms with Gasteiger partial charge in [-0.25, -0.2) is 4.98 Å². The number of amides is 1. The molecule has 5 rings (SSSR count). The summed E-state index contributed by atoms with van der Waals surface area (Å²) < 4.78 is 11.5. The third-order valence-corrected chi connectivity index (χ3v) is 5.89. The molecular weight excluding hydrogens is 459 g/mol. The van der Waals surface area contributed by atoms with E-state index < -0.39 is 0 Å². The number of furan rings is 1. The summed E-state index contributed by atoms with van der Waals surface area (Å²) in [5, 5.41) is 4.12. The lowest BCUT2D eigenvalue weighted by Crippen LogP contribution is -2.10. The first-order valence-corrected chi connectivity index (χ1v) is 11.0. The van der Waals surface area contributed by atoms with Crippen molar-refractivity contribution in [1.82, 2.24) is 4.98 Å². The molecule has 3 aromatic carbocycles. The molecule has 1 N–H and O–H groups in total. The van der Waals surface area contributed by atoms with Crippen molar-refractivity contribution in [3.8, 4) is 11.3 Å². The quantitative estimate of drug-likeness (QED) is 0.284. The number of rotatable bonds is 5. The molecule has 5 nitrogen and oxygen atoms in total. The van der Waals surface area contributed by atoms with Crippen molar-refractivity contribution in [2.75, 3.05) is 5.32 Å². The van der Waals surface area contributed by atoms with Crippen LogP contribution in [0.5, 0.6) is 0 Å². The monoisotopic (exact) mass is 476 g/mol. The summed E-state index contributed by atoms with van der Waals surface area (Å²) in [6, 6.07) is 21.9. The lowest BCUT2D eigenvalue weighted by atomic mass is 10.1. The highest BCUT2D eigenvalue weighted by molar-refractivity contribution is 6.31. The summed E-state index contributed by atoms with van der Waals surface area (Å²) in [6.07, 6.45) is 0.529. The highest BCUT2D eigenvalue weighted by Crippen LogP contribution is 2.27. The van der Waals surface area contributed by atoms with E-state index in [1.165, 1.54) is 0 Å². The Hall–Kier alpha value is -3.54. The average Bonchev–Trinajstić information content (AvgIpc) is 3.44. The van der Waals surface area contributed by atoms with Crippen LogP contribution in [0.2, 0.25) is 10.0 Å². The van der Waals surface area contributed by atoms with Gasteiger partial charge in [-0.3, -0.25) is 4.79 Å². The Labute approximate surface area is 200 Å². The second-order valence-corrected chi connectivity index (χ2v) is 8.52. The van der Waals surface area contributed by atoms with Crippen LogP contribution in [0.25, 0.3) is 22.4 Å². The summed E-state index contributed by atoms with van der Waals surface area (Å²) >= 11 is 12.2. The Balaban J connectivity index is 1.25. The summed E-state index contributed by atoms with van der Waals surface area (Å²) in [5.74, 6) is 1.07. The van der Waals surface area contributed by atoms with E-state index in [1.54, 1.807) is 30.3 Å². The number of fused-ring (bicyclic) bond motifs is 1. The maximum absolute atomic E-state index is 12.6. The zero-order valence-corrected chi connectivity index (χ0v) is 19.1. The predicted octanol–water partition coefficient (Wildman–Crippen LogP) is 7.55. The van der Waals surface area contributed by atoms with Crippen LogP contribution in [-0.2, 0) is 6.42 Å². The number of halogens is 2. The van der Waals surface area contributed by atoms with Gasteiger partial charge in [-0.05, 0) is 66.6 Å². The zero-order valence-electron chi connectivity index (χ0n) is 17.6. The van der Waals surface area contributed by atoms with Gasteiger partial charge in [-0.1, -0.05) is 47.5 Å². The SMILES string of the molecule is Cc1ccc(-c2ccc(C(=O)Nc3ccc(Cc4nc5cc(Cl)ccc5o4)cc3)o2)cc1Cl. The van der Waals surface area contributed by atoms with Crippen LogP contribution in [0.3, 0.4) is 0 Å². The van der Waals surface area contributed by atoms with E-state index in [0.29, 0.717) is 39.4 Å². The summed E-state index contributed by atoms with van der Waals surface area (Å²) in [5.41, 5.74) is 4.88. The Morgan fingerprint density at radius 3 is 2.55 bits per heavy atom. The van der Waals surface area contributed by atoms with Gasteiger partial charge in [0.2, 0.25) is 0 Å². The van der Waals surface area contributed by atoms with E-state index in [0.717, 1.165) is 22.2 Å². The number of nitrogens with zero attached hydrogens (tertiary/aromatic N) is 1. The van der Waals surface area contributed by atoms with Gasteiger partial charge in [0.1, 0.15) is 11.3 Å². The first-order valence-electron chi connectivity index (χ1n) is 10.3. The second-order valence-electron chi connectivity index (χ2n) is 7.68. The number of hydrogen-bond donors (Lipinski definition) is 1. The molecule has 0 saturated carbocycles. The minimum absolute atomic E-state index is 0.218. The van der Waals surface area contributed by atoms with E-state index in [2.05, 4.69) is 10.3 Å². The number of carbonyl (C=O) groups excluding carboxylic acids is 1. The van der Waals surface area contributed by atoms with Crippen molar-refractivity contribution in [3.63, 3.8) is 0 Å². The number of carbonyl (C=O) groups is 1. The third-order valence-electron chi connectivity index (χ3n) is 5.25. The number of nitrogens with one attached hydrogen (secondary N) is 1. The fourth-order valence-electron chi connectivity index (χ4n) is 3.46. The topological polar surface area (TPSA) is 68.3 Å². The fraction of sp³-hybridized carbons (Fsp3) is 0.0769. The lowest BCUT2D eigenvalue weighted by Gasteiger charge is -2.05. The fourth-order valence-corrected chi connectivity index (χ4v) is 3.81. The van der Waals surface area contributed by atoms with Crippen molar-refractivity contribution >= 4 is 45.9 Å². The number of anilines is 1. The molecule has 0 radical (unpaired) electrons. The molecule has 33 heavy (non-hydrogen) atoms. The first-order chi connectivity index (χ1) is 15.9. The molecule has 1 amide bonds. The molecule has 7 heteroatoms. The minimum atomic E-state index is -0.331. The summed E-state index contributed by atoms with van der Waals surface area (Å²) in [6.45, 7) is 1.93. The van der Waals surface area contributed by atoms with Crippen LogP contribution in [0, 0.1) is 6.92 Å². The maximum atomic E-state index is 12.6. The highest BCUT2D eigenvalue weighted by atomic mass is 35.5. The summed E-state index contributed by atoms with van der Waals surface area (Å²) in [4.78, 5) is 17.1. The van der Waals surface area contributed by atoms with Gasteiger partial charge in [-0.2, -0.15) is 0 Å². The number of aromatic nitrogens is 1. The normalized spacial score (nSPS) is 11.1. The lowest BCUT2D eigenvalue weighted by molar-refractivity contribution is 0.0997. The largest absolute Gasteiger partial charge is 0.451 e. The second kappa shape index (κ2) is 8.77. The Morgan fingerprint density at radius 2 is 1.76 bits per heavy atom. The third kappa shape index (κ3) is 4.65. The molecule has 0 aliphatic rings. The standard InChI is InChI=1S/C26H18Cl2N2O3/c1-15-2-5-17(13-20(15)28)22-10-11-24(32-22)26(31)29-19-7-3-16(4-8-19)12-25-30-21-14-18(27)6-9-23(21)33-25/h2-11,13-14H,12H2,1H3,(H,29,31). The van der Waals surface area contributed by atoms with Gasteiger partial charge in [-0.15, -0.1) is 0 Å². The molecule has 2 aromatic heterocycles. The van der Waals surface area contributed by atoms with Crippen LogP contribution < -0.4 is 5.32 Å². The molecule has 0 unspecified atom stereocenters. The van der Waals surface area contributed by atoms with E-state index in [4.69, 9.17) is 32.0 Å². The van der Waals surface area contributed by atoms with Crippen LogP contribution >= 0.6 is 23.2 Å². The molecule has 2 heterocycles. The molecule has 0 aliphatic carbocycles. The van der Waals surface area contributed by atoms with Gasteiger partial charge < -0.3 is 14.2 Å². The summed E-state index contributed by atoms with van der Waals surface area (Å²) in [7, 11) is 0. The molecule has 0 bridgehead atoms. The van der Waals surface area contributed by atoms with Crippen LogP contribution in [0.4, 0.5) is 5.69 Å². The molecule has 0 atom stereocenters. The van der Waals surface area contributed by atoms with Crippen molar-refractivity contribution in [2.24, 2.45) is 0 Å². The van der Waals surface area contributed by atoms with E-state index in [-0.39, 0.29) is 11.7 Å². The van der Waals surface area contributed by atoms with Gasteiger partial charge in [0.05, 0.1) is 0 Å². The zero-order chi connectivity index (χ0) is 22.9. The first kappa shape index (κ1) is 21.3. The molecule has 0 fully saturated rings. The van der Waals surface area contributed by atoms with Crippen LogP contribution in [0.15, 0.2) is 81.6 Å². The number of hydrogen-bond acceptors (Lipinski definition) is 4. The smallest absolute Gasteiger partial charge is 0.291 e. The predicted molar refractivity (Wildman–Crippen MR) is 130 cm³/mol. The van der Waals surface area contributed by atoms with Crippen molar-refractivity contribution in [2.45, 2.75) is 13.3 Å². The maximum Gasteiger partial charge on any atom is 0.291 e. The number of oxazole rings is 1. The molecule has 164 valence electrons. The molecule has 0 saturated heterocycles. The molecule has 0 spiro atoms. The van der Waals surface area contributed by atoms with E-state index in [9.17, 15) is 4.79 Å².